The Bertz CT molecular complexity index is 920. The summed E-state index contributed by atoms with van der Waals surface area (Å²) in [6.45, 7) is 7.25. The molecule has 0 bridgehead atoms. The van der Waals surface area contributed by atoms with E-state index in [9.17, 15) is 19.7 Å². The van der Waals surface area contributed by atoms with Crippen LogP contribution in [0.1, 0.15) is 181 Å². The first-order chi connectivity index (χ1) is 22.9. The number of benzene rings is 1. The third-order valence-electron chi connectivity index (χ3n) is 8.96. The quantitative estimate of drug-likeness (QED) is 0.0256. The van der Waals surface area contributed by atoms with Gasteiger partial charge >= 0.3 is 12.1 Å². The van der Waals surface area contributed by atoms with Gasteiger partial charge in [0.05, 0.1) is 11.5 Å². The smallest absolute Gasteiger partial charge is 0.465 e. The van der Waals surface area contributed by atoms with E-state index >= 15 is 0 Å². The Balaban J connectivity index is 2.28. The van der Waals surface area contributed by atoms with Crippen molar-refractivity contribution in [1.82, 2.24) is 0 Å². The van der Waals surface area contributed by atoms with Gasteiger partial charge in [-0.3, -0.25) is 14.9 Å². The molecule has 0 radical (unpaired) electrons. The number of ether oxygens (including phenoxy) is 3. The number of non-ortho nitro benzene ring substituents is 1. The zero-order valence-electron chi connectivity index (χ0n) is 30.2. The molecule has 0 spiro atoms. The van der Waals surface area contributed by atoms with Crippen molar-refractivity contribution in [3.8, 4) is 5.75 Å². The highest BCUT2D eigenvalue weighted by molar-refractivity contribution is 5.69. The second-order valence-electron chi connectivity index (χ2n) is 13.3. The largest absolute Gasteiger partial charge is 0.514 e. The van der Waals surface area contributed by atoms with Gasteiger partial charge < -0.3 is 14.2 Å². The molecule has 2 atom stereocenters. The van der Waals surface area contributed by atoms with Crippen LogP contribution in [0.3, 0.4) is 0 Å². The number of hydrogen-bond donors (Lipinski definition) is 0. The molecule has 0 fully saturated rings. The van der Waals surface area contributed by atoms with Crippen LogP contribution in [0.2, 0.25) is 0 Å². The summed E-state index contributed by atoms with van der Waals surface area (Å²) in [4.78, 5) is 35.2. The van der Waals surface area contributed by atoms with Crippen molar-refractivity contribution in [3.05, 3.63) is 34.4 Å². The average molecular weight is 662 g/mol. The molecule has 0 aromatic heterocycles. The second-order valence-corrected chi connectivity index (χ2v) is 13.3. The van der Waals surface area contributed by atoms with Gasteiger partial charge in [-0.05, 0) is 63.0 Å². The molecular weight excluding hydrogens is 594 g/mol. The van der Waals surface area contributed by atoms with E-state index in [0.717, 1.165) is 77.0 Å². The first kappa shape index (κ1) is 42.4. The number of esters is 1. The zero-order chi connectivity index (χ0) is 34.4. The minimum Gasteiger partial charge on any atom is -0.465 e. The summed E-state index contributed by atoms with van der Waals surface area (Å²) >= 11 is 0. The molecule has 1 aromatic carbocycles. The number of carbonyl (C=O) groups is 2. The van der Waals surface area contributed by atoms with Crippen LogP contribution in [0.15, 0.2) is 24.3 Å². The van der Waals surface area contributed by atoms with Gasteiger partial charge in [-0.1, -0.05) is 130 Å². The lowest BCUT2D eigenvalue weighted by atomic mass is 9.95. The molecule has 1 aromatic rings. The average Bonchev–Trinajstić information content (AvgIpc) is 3.06. The van der Waals surface area contributed by atoms with Crippen LogP contribution in [0.5, 0.6) is 5.75 Å². The van der Waals surface area contributed by atoms with Crippen molar-refractivity contribution in [3.63, 3.8) is 0 Å². The minimum absolute atomic E-state index is 0.0461. The van der Waals surface area contributed by atoms with Crippen LogP contribution in [-0.2, 0) is 14.3 Å². The number of nitro groups is 1. The van der Waals surface area contributed by atoms with Gasteiger partial charge in [0.1, 0.15) is 11.9 Å². The van der Waals surface area contributed by atoms with E-state index in [4.69, 9.17) is 14.2 Å². The van der Waals surface area contributed by atoms with Crippen molar-refractivity contribution in [2.45, 2.75) is 187 Å². The maximum absolute atomic E-state index is 12.5. The molecule has 8 nitrogen and oxygen atoms in total. The molecule has 270 valence electrons. The molecule has 0 heterocycles. The monoisotopic (exact) mass is 661 g/mol. The Morgan fingerprint density at radius 1 is 0.638 bits per heavy atom. The SMILES string of the molecule is CCCCCCCCC(CCCCCC)COC(=O)CCCCCCCCC(CCCCCC)OC(=O)Oc1ccc([N+](=O)[O-])cc1. The highest BCUT2D eigenvalue weighted by atomic mass is 16.7. The first-order valence-corrected chi connectivity index (χ1v) is 19.2. The molecule has 0 amide bonds. The standard InChI is InChI=1S/C39H67NO7/c1-4-7-10-13-16-20-25-34(24-19-11-8-5-2)33-45-38(41)28-23-18-15-14-17-22-27-36(26-21-12-9-6-3)46-39(42)47-37-31-29-35(30-32-37)40(43)44/h29-32,34,36H,4-28,33H2,1-3H3. The fourth-order valence-electron chi connectivity index (χ4n) is 5.97. The van der Waals surface area contributed by atoms with Gasteiger partial charge in [0.15, 0.2) is 0 Å². The molecule has 2 unspecified atom stereocenters. The molecular formula is C39H67NO7. The molecule has 47 heavy (non-hydrogen) atoms. The number of hydrogen-bond acceptors (Lipinski definition) is 7. The van der Waals surface area contributed by atoms with E-state index < -0.39 is 11.1 Å². The van der Waals surface area contributed by atoms with Crippen LogP contribution in [0.4, 0.5) is 10.5 Å². The number of nitrogens with zero attached hydrogens (tertiary/aromatic N) is 1. The van der Waals surface area contributed by atoms with Crippen LogP contribution in [0.25, 0.3) is 0 Å². The Kier molecular flexibility index (Phi) is 26.6. The Morgan fingerprint density at radius 2 is 1.09 bits per heavy atom. The Labute approximate surface area is 286 Å². The third kappa shape index (κ3) is 24.2. The van der Waals surface area contributed by atoms with Crippen molar-refractivity contribution in [1.29, 1.82) is 0 Å². The van der Waals surface area contributed by atoms with Crippen LogP contribution in [-0.4, -0.2) is 29.8 Å². The minimum atomic E-state index is -0.767. The molecule has 0 aliphatic carbocycles. The summed E-state index contributed by atoms with van der Waals surface area (Å²) in [5.41, 5.74) is -0.0600. The van der Waals surface area contributed by atoms with Gasteiger partial charge in [0, 0.05) is 18.6 Å². The van der Waals surface area contributed by atoms with Crippen molar-refractivity contribution in [2.24, 2.45) is 5.92 Å². The van der Waals surface area contributed by atoms with Crippen molar-refractivity contribution < 1.29 is 28.7 Å². The topological polar surface area (TPSA) is 105 Å². The van der Waals surface area contributed by atoms with Crippen LogP contribution < -0.4 is 4.74 Å². The van der Waals surface area contributed by atoms with Gasteiger partial charge in [-0.2, -0.15) is 0 Å². The summed E-state index contributed by atoms with van der Waals surface area (Å²) in [7, 11) is 0. The molecule has 8 heteroatoms. The van der Waals surface area contributed by atoms with Crippen molar-refractivity contribution in [2.75, 3.05) is 6.61 Å². The Hall–Kier alpha value is -2.64. The Morgan fingerprint density at radius 3 is 1.60 bits per heavy atom. The number of rotatable bonds is 31. The lowest BCUT2D eigenvalue weighted by molar-refractivity contribution is -0.384. The predicted molar refractivity (Wildman–Crippen MR) is 191 cm³/mol. The van der Waals surface area contributed by atoms with Gasteiger partial charge in [-0.15, -0.1) is 0 Å². The fourth-order valence-corrected chi connectivity index (χ4v) is 5.97. The third-order valence-corrected chi connectivity index (χ3v) is 8.96. The molecule has 1 rings (SSSR count). The number of nitro benzene ring substituents is 1. The lowest BCUT2D eigenvalue weighted by Gasteiger charge is -2.18. The summed E-state index contributed by atoms with van der Waals surface area (Å²) in [6, 6.07) is 5.41. The van der Waals surface area contributed by atoms with Gasteiger partial charge in [0.2, 0.25) is 0 Å². The van der Waals surface area contributed by atoms with E-state index in [1.807, 2.05) is 0 Å². The number of carbonyl (C=O) groups excluding carboxylic acids is 2. The normalized spacial score (nSPS) is 12.4. The number of unbranched alkanes of at least 4 members (excludes halogenated alkanes) is 16. The lowest BCUT2D eigenvalue weighted by Crippen LogP contribution is -2.21. The summed E-state index contributed by atoms with van der Waals surface area (Å²) < 4.78 is 16.7. The van der Waals surface area contributed by atoms with E-state index in [-0.39, 0.29) is 23.5 Å². The van der Waals surface area contributed by atoms with Gasteiger partial charge in [-0.25, -0.2) is 4.79 Å². The summed E-state index contributed by atoms with van der Waals surface area (Å²) in [5.74, 6) is 0.686. The van der Waals surface area contributed by atoms with Crippen LogP contribution >= 0.6 is 0 Å². The van der Waals surface area contributed by atoms with Crippen molar-refractivity contribution >= 4 is 17.8 Å². The fraction of sp³-hybridized carbons (Fsp3) is 0.795. The predicted octanol–water partition coefficient (Wildman–Crippen LogP) is 12.5. The summed E-state index contributed by atoms with van der Waals surface area (Å²) in [6.07, 6.45) is 26.8. The molecule has 0 aliphatic rings. The van der Waals surface area contributed by atoms with E-state index in [1.54, 1.807) is 0 Å². The van der Waals surface area contributed by atoms with Gasteiger partial charge in [0.25, 0.3) is 5.69 Å². The molecule has 0 aliphatic heterocycles. The second kappa shape index (κ2) is 29.5. The highest BCUT2D eigenvalue weighted by Gasteiger charge is 2.17. The maximum Gasteiger partial charge on any atom is 0.514 e. The first-order valence-electron chi connectivity index (χ1n) is 19.2. The molecule has 0 saturated heterocycles. The van der Waals surface area contributed by atoms with Crippen LogP contribution in [0, 0.1) is 16.0 Å². The van der Waals surface area contributed by atoms with E-state index in [1.165, 1.54) is 101 Å². The molecule has 0 saturated carbocycles. The highest BCUT2D eigenvalue weighted by Crippen LogP contribution is 2.22. The zero-order valence-corrected chi connectivity index (χ0v) is 30.2. The van der Waals surface area contributed by atoms with E-state index in [2.05, 4.69) is 20.8 Å². The molecule has 0 N–H and O–H groups in total. The summed E-state index contributed by atoms with van der Waals surface area (Å²) in [5, 5.41) is 10.8. The van der Waals surface area contributed by atoms with E-state index in [0.29, 0.717) is 18.9 Å². The maximum atomic E-state index is 12.5.